The molecular weight excluding hydrogens is 398 g/mol. The van der Waals surface area contributed by atoms with E-state index < -0.39 is 0 Å². The van der Waals surface area contributed by atoms with Crippen molar-refractivity contribution in [3.8, 4) is 11.1 Å². The molecule has 5 nitrogen and oxygen atoms in total. The van der Waals surface area contributed by atoms with Crippen molar-refractivity contribution in [1.82, 2.24) is 4.57 Å². The summed E-state index contributed by atoms with van der Waals surface area (Å²) in [6.45, 7) is 9.93. The van der Waals surface area contributed by atoms with Crippen LogP contribution in [0.25, 0.3) is 11.1 Å². The number of benzene rings is 2. The van der Waals surface area contributed by atoms with Crippen molar-refractivity contribution in [3.63, 3.8) is 0 Å². The van der Waals surface area contributed by atoms with Crippen molar-refractivity contribution < 1.29 is 4.79 Å². The first-order chi connectivity index (χ1) is 15.1. The lowest BCUT2D eigenvalue weighted by atomic mass is 9.90. The van der Waals surface area contributed by atoms with E-state index in [0.29, 0.717) is 11.4 Å². The summed E-state index contributed by atoms with van der Waals surface area (Å²) in [5.41, 5.74) is 9.32. The fourth-order valence-electron chi connectivity index (χ4n) is 4.11. The molecule has 0 aliphatic rings. The van der Waals surface area contributed by atoms with E-state index in [4.69, 9.17) is 0 Å². The number of amides is 1. The van der Waals surface area contributed by atoms with Gasteiger partial charge in [0.2, 0.25) is 5.91 Å². The molecular formula is C27H31N3O2. The van der Waals surface area contributed by atoms with Gasteiger partial charge in [-0.05, 0) is 79.3 Å². The van der Waals surface area contributed by atoms with Crippen LogP contribution in [0, 0.1) is 20.8 Å². The van der Waals surface area contributed by atoms with Crippen LogP contribution in [0.4, 0.5) is 11.4 Å². The molecule has 0 bridgehead atoms. The van der Waals surface area contributed by atoms with Crippen molar-refractivity contribution >= 4 is 17.3 Å². The van der Waals surface area contributed by atoms with Crippen LogP contribution in [-0.2, 0) is 18.3 Å². The van der Waals surface area contributed by atoms with Crippen LogP contribution in [0.1, 0.15) is 27.8 Å². The summed E-state index contributed by atoms with van der Waals surface area (Å²) < 4.78 is 1.60. The van der Waals surface area contributed by atoms with E-state index in [2.05, 4.69) is 44.8 Å². The maximum Gasteiger partial charge on any atom is 0.273 e. The summed E-state index contributed by atoms with van der Waals surface area (Å²) in [6, 6.07) is 12.2. The number of anilines is 2. The number of nitrogens with zero attached hydrogens (tertiary/aromatic N) is 2. The Labute approximate surface area is 190 Å². The molecule has 2 aromatic carbocycles. The highest BCUT2D eigenvalue weighted by atomic mass is 16.1. The SMILES string of the molecule is C=CC(=O)Nc1ccc(Cc2c(C)cc(C)cc2C)c(-c2cc(N(C)C)c(=O)n(C)c2)c1. The third-order valence-electron chi connectivity index (χ3n) is 5.73. The molecule has 1 aromatic heterocycles. The number of aryl methyl sites for hydroxylation is 4. The average Bonchev–Trinajstić information content (AvgIpc) is 2.72. The van der Waals surface area contributed by atoms with Crippen molar-refractivity contribution in [3.05, 3.63) is 93.4 Å². The highest BCUT2D eigenvalue weighted by molar-refractivity contribution is 5.99. The van der Waals surface area contributed by atoms with Crippen molar-refractivity contribution in [2.75, 3.05) is 24.3 Å². The highest BCUT2D eigenvalue weighted by Crippen LogP contribution is 2.31. The van der Waals surface area contributed by atoms with E-state index in [1.165, 1.54) is 28.3 Å². The predicted molar refractivity (Wildman–Crippen MR) is 134 cm³/mol. The van der Waals surface area contributed by atoms with E-state index in [1.807, 2.05) is 49.5 Å². The third kappa shape index (κ3) is 4.83. The minimum Gasteiger partial charge on any atom is -0.373 e. The number of hydrogen-bond donors (Lipinski definition) is 1. The van der Waals surface area contributed by atoms with Crippen LogP contribution < -0.4 is 15.8 Å². The maximum absolute atomic E-state index is 12.6. The summed E-state index contributed by atoms with van der Waals surface area (Å²) in [4.78, 5) is 26.3. The molecule has 3 aromatic rings. The summed E-state index contributed by atoms with van der Waals surface area (Å²) in [7, 11) is 5.48. The van der Waals surface area contributed by atoms with Crippen molar-refractivity contribution in [2.45, 2.75) is 27.2 Å². The number of pyridine rings is 1. The Bertz CT molecular complexity index is 1230. The number of carbonyl (C=O) groups excluding carboxylic acids is 1. The normalized spacial score (nSPS) is 10.7. The standard InChI is InChI=1S/C27H31N3O2/c1-8-26(31)28-22-10-9-20(13-23-18(3)11-17(2)12-19(23)4)24(15-22)21-14-25(29(5)6)27(32)30(7)16-21/h8-12,14-16H,1,13H2,2-7H3,(H,28,31). The average molecular weight is 430 g/mol. The van der Waals surface area contributed by atoms with E-state index >= 15 is 0 Å². The minimum atomic E-state index is -0.261. The second kappa shape index (κ2) is 9.27. The van der Waals surface area contributed by atoms with Crippen molar-refractivity contribution in [2.24, 2.45) is 7.05 Å². The van der Waals surface area contributed by atoms with Crippen LogP contribution in [0.15, 0.2) is 60.0 Å². The maximum atomic E-state index is 12.6. The summed E-state index contributed by atoms with van der Waals surface area (Å²) in [6.07, 6.45) is 3.86. The third-order valence-corrected chi connectivity index (χ3v) is 5.73. The quantitative estimate of drug-likeness (QED) is 0.575. The molecule has 0 fully saturated rings. The highest BCUT2D eigenvalue weighted by Gasteiger charge is 2.15. The van der Waals surface area contributed by atoms with Gasteiger partial charge in [-0.2, -0.15) is 0 Å². The molecule has 1 amide bonds. The van der Waals surface area contributed by atoms with Crippen LogP contribution in [0.3, 0.4) is 0 Å². The van der Waals surface area contributed by atoms with E-state index in [0.717, 1.165) is 23.1 Å². The first kappa shape index (κ1) is 23.1. The smallest absolute Gasteiger partial charge is 0.273 e. The summed E-state index contributed by atoms with van der Waals surface area (Å²) >= 11 is 0. The summed E-state index contributed by atoms with van der Waals surface area (Å²) in [5.74, 6) is -0.261. The number of nitrogens with one attached hydrogen (secondary N) is 1. The van der Waals surface area contributed by atoms with Gasteiger partial charge in [0.1, 0.15) is 5.69 Å². The Morgan fingerprint density at radius 3 is 2.34 bits per heavy atom. The van der Waals surface area contributed by atoms with Gasteiger partial charge in [0.15, 0.2) is 0 Å². The Morgan fingerprint density at radius 1 is 1.09 bits per heavy atom. The lowest BCUT2D eigenvalue weighted by Gasteiger charge is -2.19. The van der Waals surface area contributed by atoms with Crippen LogP contribution >= 0.6 is 0 Å². The second-order valence-electron chi connectivity index (χ2n) is 8.54. The zero-order chi connectivity index (χ0) is 23.6. The predicted octanol–water partition coefficient (Wildman–Crippen LogP) is 4.76. The van der Waals surface area contributed by atoms with E-state index in [1.54, 1.807) is 11.6 Å². The summed E-state index contributed by atoms with van der Waals surface area (Å²) in [5, 5.41) is 2.85. The van der Waals surface area contributed by atoms with Gasteiger partial charge in [0.05, 0.1) is 0 Å². The van der Waals surface area contributed by atoms with Crippen LogP contribution in [-0.4, -0.2) is 24.6 Å². The minimum absolute atomic E-state index is 0.0540. The van der Waals surface area contributed by atoms with Gasteiger partial charge in [-0.1, -0.05) is 30.3 Å². The molecule has 0 unspecified atom stereocenters. The molecule has 0 spiro atoms. The molecule has 166 valence electrons. The Morgan fingerprint density at radius 2 is 1.75 bits per heavy atom. The Balaban J connectivity index is 2.20. The topological polar surface area (TPSA) is 54.3 Å². The molecule has 32 heavy (non-hydrogen) atoms. The number of aromatic nitrogens is 1. The van der Waals surface area contributed by atoms with E-state index in [9.17, 15) is 9.59 Å². The zero-order valence-electron chi connectivity index (χ0n) is 19.7. The van der Waals surface area contributed by atoms with Gasteiger partial charge in [0.25, 0.3) is 5.56 Å². The number of carbonyl (C=O) groups is 1. The second-order valence-corrected chi connectivity index (χ2v) is 8.54. The van der Waals surface area contributed by atoms with Gasteiger partial charge in [0, 0.05) is 38.6 Å². The molecule has 0 saturated carbocycles. The van der Waals surface area contributed by atoms with Crippen molar-refractivity contribution in [1.29, 1.82) is 0 Å². The molecule has 0 saturated heterocycles. The van der Waals surface area contributed by atoms with Crippen LogP contribution in [0.5, 0.6) is 0 Å². The molecule has 5 heteroatoms. The monoisotopic (exact) mass is 429 g/mol. The van der Waals surface area contributed by atoms with Gasteiger partial charge in [-0.25, -0.2) is 0 Å². The Kier molecular flexibility index (Phi) is 6.68. The fourth-order valence-corrected chi connectivity index (χ4v) is 4.11. The first-order valence-electron chi connectivity index (χ1n) is 10.6. The van der Waals surface area contributed by atoms with Crippen LogP contribution in [0.2, 0.25) is 0 Å². The van der Waals surface area contributed by atoms with Gasteiger partial charge < -0.3 is 14.8 Å². The van der Waals surface area contributed by atoms with Gasteiger partial charge in [-0.15, -0.1) is 0 Å². The van der Waals surface area contributed by atoms with Gasteiger partial charge >= 0.3 is 0 Å². The molecule has 3 rings (SSSR count). The number of hydrogen-bond acceptors (Lipinski definition) is 3. The molecule has 0 atom stereocenters. The lowest BCUT2D eigenvalue weighted by Crippen LogP contribution is -2.25. The zero-order valence-corrected chi connectivity index (χ0v) is 19.7. The molecule has 1 heterocycles. The lowest BCUT2D eigenvalue weighted by molar-refractivity contribution is -0.111. The Hall–Kier alpha value is -3.60. The molecule has 0 aliphatic heterocycles. The van der Waals surface area contributed by atoms with Gasteiger partial charge in [-0.3, -0.25) is 9.59 Å². The molecule has 0 radical (unpaired) electrons. The molecule has 1 N–H and O–H groups in total. The first-order valence-corrected chi connectivity index (χ1v) is 10.6. The van der Waals surface area contributed by atoms with E-state index in [-0.39, 0.29) is 11.5 Å². The fraction of sp³-hybridized carbons (Fsp3) is 0.259. The number of rotatable bonds is 6. The molecule has 0 aliphatic carbocycles. The largest absolute Gasteiger partial charge is 0.373 e.